The molecule has 1 aromatic heterocycles. The Labute approximate surface area is 115 Å². The Morgan fingerprint density at radius 2 is 2.22 bits per heavy atom. The standard InChI is InChI=1S/C13H11ClN2OS/c1-4-18-8(2)13-15-9-6-5-7-10(17-3)11(9)12(14)16-13/h4-7H,1-2H2,3H3. The maximum absolute atomic E-state index is 6.18. The normalized spacial score (nSPS) is 10.3. The fraction of sp³-hybridized carbons (Fsp3) is 0.0769. The van der Waals surface area contributed by atoms with Crippen molar-refractivity contribution in [3.05, 3.63) is 47.7 Å². The average Bonchev–Trinajstić information content (AvgIpc) is 2.38. The molecule has 2 aromatic rings. The fourth-order valence-electron chi connectivity index (χ4n) is 1.56. The van der Waals surface area contributed by atoms with Gasteiger partial charge >= 0.3 is 0 Å². The van der Waals surface area contributed by atoms with E-state index in [0.29, 0.717) is 27.0 Å². The second kappa shape index (κ2) is 5.42. The van der Waals surface area contributed by atoms with Crippen LogP contribution in [-0.2, 0) is 0 Å². The molecule has 18 heavy (non-hydrogen) atoms. The van der Waals surface area contributed by atoms with Gasteiger partial charge in [0.1, 0.15) is 10.9 Å². The van der Waals surface area contributed by atoms with Crippen molar-refractivity contribution in [2.24, 2.45) is 0 Å². The molecule has 0 aliphatic rings. The van der Waals surface area contributed by atoms with Crippen molar-refractivity contribution in [2.45, 2.75) is 0 Å². The molecule has 1 heterocycles. The summed E-state index contributed by atoms with van der Waals surface area (Å²) in [6.45, 7) is 7.51. The largest absolute Gasteiger partial charge is 0.496 e. The summed E-state index contributed by atoms with van der Waals surface area (Å²) >= 11 is 7.55. The van der Waals surface area contributed by atoms with Gasteiger partial charge in [-0.1, -0.05) is 42.6 Å². The molecule has 5 heteroatoms. The minimum absolute atomic E-state index is 0.360. The lowest BCUT2D eigenvalue weighted by molar-refractivity contribution is 0.419. The maximum Gasteiger partial charge on any atom is 0.167 e. The number of rotatable bonds is 4. The van der Waals surface area contributed by atoms with Crippen LogP contribution >= 0.6 is 23.4 Å². The molecule has 0 spiro atoms. The van der Waals surface area contributed by atoms with E-state index in [4.69, 9.17) is 16.3 Å². The first-order valence-corrected chi connectivity index (χ1v) is 6.40. The van der Waals surface area contributed by atoms with E-state index in [9.17, 15) is 0 Å². The van der Waals surface area contributed by atoms with Gasteiger partial charge in [0.2, 0.25) is 0 Å². The van der Waals surface area contributed by atoms with Crippen LogP contribution in [0.15, 0.2) is 36.8 Å². The number of hydrogen-bond donors (Lipinski definition) is 0. The predicted molar refractivity (Wildman–Crippen MR) is 77.9 cm³/mol. The first kappa shape index (κ1) is 12.9. The van der Waals surface area contributed by atoms with Crippen molar-refractivity contribution in [1.82, 2.24) is 9.97 Å². The van der Waals surface area contributed by atoms with Gasteiger partial charge in [-0.05, 0) is 17.5 Å². The van der Waals surface area contributed by atoms with E-state index in [0.717, 1.165) is 5.52 Å². The van der Waals surface area contributed by atoms with Gasteiger partial charge in [-0.15, -0.1) is 0 Å². The molecule has 0 aliphatic heterocycles. The third-order valence-corrected chi connectivity index (χ3v) is 3.24. The van der Waals surface area contributed by atoms with Crippen LogP contribution in [0.5, 0.6) is 5.75 Å². The highest BCUT2D eigenvalue weighted by Gasteiger charge is 2.12. The van der Waals surface area contributed by atoms with E-state index in [1.54, 1.807) is 12.5 Å². The molecular formula is C13H11ClN2OS. The zero-order chi connectivity index (χ0) is 13.1. The molecule has 2 rings (SSSR count). The second-order valence-corrected chi connectivity index (χ2v) is 4.82. The fourth-order valence-corrected chi connectivity index (χ4v) is 2.22. The van der Waals surface area contributed by atoms with E-state index in [2.05, 4.69) is 23.1 Å². The molecule has 0 fully saturated rings. The molecule has 0 aliphatic carbocycles. The van der Waals surface area contributed by atoms with Crippen molar-refractivity contribution in [1.29, 1.82) is 0 Å². The number of benzene rings is 1. The summed E-state index contributed by atoms with van der Waals surface area (Å²) in [7, 11) is 1.59. The number of fused-ring (bicyclic) bond motifs is 1. The molecule has 0 radical (unpaired) electrons. The van der Waals surface area contributed by atoms with Crippen LogP contribution in [0.4, 0.5) is 0 Å². The van der Waals surface area contributed by atoms with Crippen molar-refractivity contribution in [2.75, 3.05) is 7.11 Å². The Kier molecular flexibility index (Phi) is 3.89. The Morgan fingerprint density at radius 1 is 1.44 bits per heavy atom. The average molecular weight is 279 g/mol. The number of nitrogens with zero attached hydrogens (tertiary/aromatic N) is 2. The highest BCUT2D eigenvalue weighted by atomic mass is 35.5. The third kappa shape index (κ3) is 2.35. The quantitative estimate of drug-likeness (QED) is 0.788. The van der Waals surface area contributed by atoms with Gasteiger partial charge in [-0.3, -0.25) is 0 Å². The highest BCUT2D eigenvalue weighted by Crippen LogP contribution is 2.32. The van der Waals surface area contributed by atoms with E-state index >= 15 is 0 Å². The van der Waals surface area contributed by atoms with Gasteiger partial charge < -0.3 is 4.74 Å². The van der Waals surface area contributed by atoms with Crippen molar-refractivity contribution < 1.29 is 4.74 Å². The third-order valence-electron chi connectivity index (χ3n) is 2.34. The Hall–Kier alpha value is -1.52. The Balaban J connectivity index is 2.63. The molecule has 0 unspecified atom stereocenters. The summed E-state index contributed by atoms with van der Waals surface area (Å²) in [4.78, 5) is 9.36. The zero-order valence-electron chi connectivity index (χ0n) is 9.81. The number of aromatic nitrogens is 2. The lowest BCUT2D eigenvalue weighted by atomic mass is 10.2. The monoisotopic (exact) mass is 278 g/mol. The Morgan fingerprint density at radius 3 is 2.89 bits per heavy atom. The molecule has 0 N–H and O–H groups in total. The SMILES string of the molecule is C=CSC(=C)c1nc(Cl)c2c(OC)cccc2n1. The van der Waals surface area contributed by atoms with Gasteiger partial charge in [0.15, 0.2) is 5.82 Å². The van der Waals surface area contributed by atoms with Gasteiger partial charge in [0, 0.05) is 4.91 Å². The number of hydrogen-bond acceptors (Lipinski definition) is 4. The van der Waals surface area contributed by atoms with Crippen LogP contribution in [0.1, 0.15) is 5.82 Å². The number of halogens is 1. The van der Waals surface area contributed by atoms with E-state index < -0.39 is 0 Å². The molecule has 3 nitrogen and oxygen atoms in total. The van der Waals surface area contributed by atoms with Crippen molar-refractivity contribution >= 4 is 39.2 Å². The van der Waals surface area contributed by atoms with Crippen LogP contribution in [0.3, 0.4) is 0 Å². The molecule has 0 atom stereocenters. The molecule has 92 valence electrons. The van der Waals surface area contributed by atoms with E-state index in [1.807, 2.05) is 18.2 Å². The first-order chi connectivity index (χ1) is 8.67. The topological polar surface area (TPSA) is 35.0 Å². The van der Waals surface area contributed by atoms with Crippen molar-refractivity contribution in [3.8, 4) is 5.75 Å². The summed E-state index contributed by atoms with van der Waals surface area (Å²) in [5, 5.41) is 2.75. The van der Waals surface area contributed by atoms with Crippen LogP contribution in [0.25, 0.3) is 15.8 Å². The summed E-state index contributed by atoms with van der Waals surface area (Å²) in [5.41, 5.74) is 0.732. The van der Waals surface area contributed by atoms with E-state index in [1.165, 1.54) is 11.8 Å². The molecule has 0 bridgehead atoms. The number of thioether (sulfide) groups is 1. The molecule has 0 saturated heterocycles. The summed E-state index contributed by atoms with van der Waals surface area (Å²) in [6.07, 6.45) is 0. The zero-order valence-corrected chi connectivity index (χ0v) is 11.4. The molecular weight excluding hydrogens is 268 g/mol. The molecule has 1 aromatic carbocycles. The summed E-state index contributed by atoms with van der Waals surface area (Å²) in [5.74, 6) is 1.16. The van der Waals surface area contributed by atoms with Gasteiger partial charge in [-0.25, -0.2) is 9.97 Å². The van der Waals surface area contributed by atoms with Crippen LogP contribution in [0, 0.1) is 0 Å². The lowest BCUT2D eigenvalue weighted by Gasteiger charge is -2.08. The van der Waals surface area contributed by atoms with Gasteiger partial charge in [0.25, 0.3) is 0 Å². The first-order valence-electron chi connectivity index (χ1n) is 5.14. The number of ether oxygens (including phenoxy) is 1. The van der Waals surface area contributed by atoms with Crippen LogP contribution in [-0.4, -0.2) is 17.1 Å². The van der Waals surface area contributed by atoms with Crippen molar-refractivity contribution in [3.63, 3.8) is 0 Å². The lowest BCUT2D eigenvalue weighted by Crippen LogP contribution is -1.95. The van der Waals surface area contributed by atoms with Crippen LogP contribution < -0.4 is 4.74 Å². The van der Waals surface area contributed by atoms with Gasteiger partial charge in [-0.2, -0.15) is 0 Å². The number of methoxy groups -OCH3 is 1. The highest BCUT2D eigenvalue weighted by molar-refractivity contribution is 8.10. The summed E-state index contributed by atoms with van der Waals surface area (Å²) in [6, 6.07) is 5.54. The predicted octanol–water partition coefficient (Wildman–Crippen LogP) is 4.14. The molecule has 0 saturated carbocycles. The molecule has 0 amide bonds. The minimum Gasteiger partial charge on any atom is -0.496 e. The minimum atomic E-state index is 0.360. The Bertz CT molecular complexity index is 628. The van der Waals surface area contributed by atoms with Gasteiger partial charge in [0.05, 0.1) is 18.0 Å². The maximum atomic E-state index is 6.18. The second-order valence-electron chi connectivity index (χ2n) is 3.40. The van der Waals surface area contributed by atoms with Crippen LogP contribution in [0.2, 0.25) is 5.15 Å². The van der Waals surface area contributed by atoms with E-state index in [-0.39, 0.29) is 0 Å². The smallest absolute Gasteiger partial charge is 0.167 e. The summed E-state index contributed by atoms with van der Waals surface area (Å²) < 4.78 is 5.25.